The average Bonchev–Trinajstić information content (AvgIpc) is 3.32. The Morgan fingerprint density at radius 1 is 0.975 bits per heavy atom. The zero-order valence-corrected chi connectivity index (χ0v) is 22.6. The number of aromatic nitrogens is 1. The van der Waals surface area contributed by atoms with Crippen molar-refractivity contribution in [3.63, 3.8) is 0 Å². The van der Waals surface area contributed by atoms with E-state index in [-0.39, 0.29) is 11.9 Å². The van der Waals surface area contributed by atoms with Crippen LogP contribution in [-0.4, -0.2) is 45.6 Å². The summed E-state index contributed by atoms with van der Waals surface area (Å²) < 4.78 is 55.5. The molecule has 3 atom stereocenters. The third kappa shape index (κ3) is 3.90. The van der Waals surface area contributed by atoms with E-state index in [1.165, 1.54) is 12.1 Å². The van der Waals surface area contributed by atoms with Crippen molar-refractivity contribution in [3.05, 3.63) is 65.0 Å². The number of hydrogen-bond donors (Lipinski definition) is 1. The van der Waals surface area contributed by atoms with Crippen LogP contribution in [0.2, 0.25) is 0 Å². The number of hydrogen-bond acceptors (Lipinski definition) is 3. The zero-order chi connectivity index (χ0) is 28.6. The third-order valence-corrected chi connectivity index (χ3v) is 10.9. The second kappa shape index (κ2) is 9.02. The summed E-state index contributed by atoms with van der Waals surface area (Å²) in [4.78, 5) is 32.4. The number of carbonyl (C=O) groups excluding carboxylic acids is 1. The first kappa shape index (κ1) is 27.2. The van der Waals surface area contributed by atoms with Gasteiger partial charge in [0, 0.05) is 35.8 Å². The Bertz CT molecular complexity index is 1320. The summed E-state index contributed by atoms with van der Waals surface area (Å²) in [6.07, 6.45) is 3.95. The number of halogens is 4. The first-order valence-corrected chi connectivity index (χ1v) is 14.2. The van der Waals surface area contributed by atoms with E-state index < -0.39 is 39.6 Å². The van der Waals surface area contributed by atoms with Gasteiger partial charge in [0.2, 0.25) is 11.6 Å². The fraction of sp³-hybridized carbons (Fsp3) is 0.581. The molecule has 7 rings (SSSR count). The number of carboxylic acid groups (broad SMARTS) is 1. The molecule has 9 heteroatoms. The van der Waals surface area contributed by atoms with E-state index >= 15 is 0 Å². The normalized spacial score (nSPS) is 32.7. The Hall–Kier alpha value is -2.97. The van der Waals surface area contributed by atoms with Gasteiger partial charge < -0.3 is 10.0 Å². The van der Waals surface area contributed by atoms with Gasteiger partial charge in [-0.3, -0.25) is 14.6 Å². The highest BCUT2D eigenvalue weighted by atomic mass is 19.4. The Morgan fingerprint density at radius 2 is 1.60 bits per heavy atom. The number of aryl methyl sites for hydroxylation is 1. The van der Waals surface area contributed by atoms with Gasteiger partial charge in [0.15, 0.2) is 0 Å². The number of likely N-dealkylation sites (tertiary alicyclic amines) is 1. The van der Waals surface area contributed by atoms with Crippen molar-refractivity contribution in [3.8, 4) is 0 Å². The number of benzene rings is 1. The summed E-state index contributed by atoms with van der Waals surface area (Å²) in [7, 11) is 0. The van der Waals surface area contributed by atoms with Crippen LogP contribution in [0.1, 0.15) is 80.5 Å². The topological polar surface area (TPSA) is 70.5 Å². The monoisotopic (exact) mass is 558 g/mol. The highest BCUT2D eigenvalue weighted by Crippen LogP contribution is 2.59. The van der Waals surface area contributed by atoms with Crippen LogP contribution in [0.3, 0.4) is 0 Å². The minimum atomic E-state index is -5.03. The van der Waals surface area contributed by atoms with Crippen molar-refractivity contribution in [2.24, 2.45) is 10.8 Å². The lowest BCUT2D eigenvalue weighted by Gasteiger charge is -2.52. The molecule has 5 aliphatic rings. The van der Waals surface area contributed by atoms with Gasteiger partial charge in [-0.15, -0.1) is 0 Å². The molecule has 0 spiro atoms. The molecule has 3 saturated carbocycles. The van der Waals surface area contributed by atoms with E-state index in [1.807, 2.05) is 17.0 Å². The van der Waals surface area contributed by atoms with Gasteiger partial charge in [-0.05, 0) is 106 Å². The van der Waals surface area contributed by atoms with Crippen LogP contribution in [0.15, 0.2) is 42.7 Å². The number of pyridine rings is 1. The minimum absolute atomic E-state index is 0.0984. The van der Waals surface area contributed by atoms with Gasteiger partial charge >= 0.3 is 12.1 Å². The van der Waals surface area contributed by atoms with Gasteiger partial charge in [-0.1, -0.05) is 18.2 Å². The summed E-state index contributed by atoms with van der Waals surface area (Å²) in [6, 6.07) is 8.01. The molecule has 3 unspecified atom stereocenters. The molecule has 2 bridgehead atoms. The molecular weight excluding hydrogens is 524 g/mol. The Morgan fingerprint density at radius 3 is 2.20 bits per heavy atom. The average molecular weight is 559 g/mol. The summed E-state index contributed by atoms with van der Waals surface area (Å²) in [5, 5.41) is 9.80. The Kier molecular flexibility index (Phi) is 6.13. The molecular formula is C31H34F4N2O3. The molecule has 0 radical (unpaired) electrons. The second-order valence-corrected chi connectivity index (χ2v) is 12.7. The summed E-state index contributed by atoms with van der Waals surface area (Å²) >= 11 is 0. The highest BCUT2D eigenvalue weighted by Gasteiger charge is 2.60. The predicted octanol–water partition coefficient (Wildman–Crippen LogP) is 6.28. The number of alkyl halides is 4. The van der Waals surface area contributed by atoms with Crippen molar-refractivity contribution in [2.45, 2.75) is 94.4 Å². The first-order valence-electron chi connectivity index (χ1n) is 14.2. The van der Waals surface area contributed by atoms with Crippen molar-refractivity contribution in [1.82, 2.24) is 9.88 Å². The lowest BCUT2D eigenvalue weighted by atomic mass is 9.53. The van der Waals surface area contributed by atoms with Gasteiger partial charge in [-0.25, -0.2) is 4.39 Å². The van der Waals surface area contributed by atoms with Gasteiger partial charge in [0.1, 0.15) is 0 Å². The summed E-state index contributed by atoms with van der Waals surface area (Å²) in [6.45, 7) is 1.10. The maximum atomic E-state index is 14.9. The van der Waals surface area contributed by atoms with E-state index in [2.05, 4.69) is 4.98 Å². The number of carboxylic acids is 1. The number of carbonyl (C=O) groups is 2. The molecule has 1 aromatic heterocycles. The summed E-state index contributed by atoms with van der Waals surface area (Å²) in [5.74, 6) is -0.662. The van der Waals surface area contributed by atoms with Crippen molar-refractivity contribution in [1.29, 1.82) is 0 Å². The minimum Gasteiger partial charge on any atom is -0.481 e. The van der Waals surface area contributed by atoms with Crippen LogP contribution in [0.5, 0.6) is 0 Å². The SMILES string of the molecule is CC(F)(c1ccc2c(c1)CCC1N(C(=O)C34CCC(C(=O)O)(CC3)CC4)CCC21Cc1ccncc1)C(F)(F)F. The first-order chi connectivity index (χ1) is 18.8. The number of aliphatic carboxylic acids is 1. The van der Waals surface area contributed by atoms with Crippen molar-refractivity contribution < 1.29 is 32.3 Å². The van der Waals surface area contributed by atoms with Gasteiger partial charge in [0.25, 0.3) is 0 Å². The maximum absolute atomic E-state index is 14.9. The molecule has 1 saturated heterocycles. The van der Waals surface area contributed by atoms with Crippen LogP contribution in [0.25, 0.3) is 0 Å². The second-order valence-electron chi connectivity index (χ2n) is 12.7. The molecule has 40 heavy (non-hydrogen) atoms. The highest BCUT2D eigenvalue weighted by molar-refractivity contribution is 5.86. The van der Waals surface area contributed by atoms with E-state index in [0.29, 0.717) is 83.2 Å². The maximum Gasteiger partial charge on any atom is 0.426 e. The fourth-order valence-corrected chi connectivity index (χ4v) is 8.26. The molecule has 1 aliphatic heterocycles. The lowest BCUT2D eigenvalue weighted by Crippen LogP contribution is -2.56. The van der Waals surface area contributed by atoms with E-state index in [9.17, 15) is 32.3 Å². The third-order valence-electron chi connectivity index (χ3n) is 10.9. The lowest BCUT2D eigenvalue weighted by molar-refractivity contribution is -0.228. The van der Waals surface area contributed by atoms with Crippen molar-refractivity contribution in [2.75, 3.05) is 6.54 Å². The fourth-order valence-electron chi connectivity index (χ4n) is 8.26. The van der Waals surface area contributed by atoms with Gasteiger partial charge in [-0.2, -0.15) is 13.2 Å². The standard InChI is InChI=1S/C31H34F4N2O3/c1-27(32,31(33,34)35)22-3-4-23-21(18-22)2-5-24-30(23,19-20-6-15-36-16-7-20)14-17-37(24)25(38)28-8-11-29(12-9-28,13-10-28)26(39)40/h3-4,6-7,15-16,18,24H,2,5,8-14,17,19H2,1H3,(H,39,40). The molecule has 2 aromatic rings. The number of fused-ring (bicyclic) bond motifs is 6. The number of nitrogens with zero attached hydrogens (tertiary/aromatic N) is 2. The zero-order valence-electron chi connectivity index (χ0n) is 22.6. The largest absolute Gasteiger partial charge is 0.481 e. The molecule has 214 valence electrons. The number of amides is 1. The van der Waals surface area contributed by atoms with Crippen LogP contribution >= 0.6 is 0 Å². The van der Waals surface area contributed by atoms with Crippen LogP contribution in [-0.2, 0) is 33.5 Å². The van der Waals surface area contributed by atoms with Crippen LogP contribution in [0.4, 0.5) is 17.6 Å². The van der Waals surface area contributed by atoms with Crippen molar-refractivity contribution >= 4 is 11.9 Å². The molecule has 2 heterocycles. The van der Waals surface area contributed by atoms with Gasteiger partial charge in [0.05, 0.1) is 5.41 Å². The number of rotatable bonds is 5. The van der Waals surface area contributed by atoms with E-state index in [0.717, 1.165) is 11.1 Å². The van der Waals surface area contributed by atoms with E-state index in [4.69, 9.17) is 0 Å². The molecule has 4 fully saturated rings. The smallest absolute Gasteiger partial charge is 0.426 e. The predicted molar refractivity (Wildman–Crippen MR) is 139 cm³/mol. The van der Waals surface area contributed by atoms with Crippen LogP contribution < -0.4 is 0 Å². The summed E-state index contributed by atoms with van der Waals surface area (Å²) in [5.41, 5.74) is -2.99. The molecule has 1 N–H and O–H groups in total. The molecule has 1 aromatic carbocycles. The van der Waals surface area contributed by atoms with Crippen LogP contribution in [0, 0.1) is 10.8 Å². The molecule has 4 aliphatic carbocycles. The molecule has 1 amide bonds. The quantitative estimate of drug-likeness (QED) is 0.439. The van der Waals surface area contributed by atoms with E-state index in [1.54, 1.807) is 18.5 Å². The molecule has 5 nitrogen and oxygen atoms in total. The Balaban J connectivity index is 1.36. The Labute approximate surface area is 231 Å².